The van der Waals surface area contributed by atoms with E-state index in [1.54, 1.807) is 11.8 Å². The van der Waals surface area contributed by atoms with Crippen LogP contribution in [-0.2, 0) is 14.3 Å². The molecule has 9 heteroatoms. The van der Waals surface area contributed by atoms with Crippen LogP contribution >= 0.6 is 27.3 Å². The topological polar surface area (TPSA) is 76.2 Å². The summed E-state index contributed by atoms with van der Waals surface area (Å²) in [6, 6.07) is 1.04. The van der Waals surface area contributed by atoms with Gasteiger partial charge in [0.15, 0.2) is 6.04 Å². The van der Waals surface area contributed by atoms with Gasteiger partial charge in [-0.25, -0.2) is 9.59 Å². The number of thiophene rings is 1. The highest BCUT2D eigenvalue weighted by atomic mass is 79.9. The van der Waals surface area contributed by atoms with Crippen molar-refractivity contribution >= 4 is 45.2 Å². The summed E-state index contributed by atoms with van der Waals surface area (Å²) >= 11 is 4.79. The average Bonchev–Trinajstić information content (AvgIpc) is 3.20. The minimum atomic E-state index is -0.689. The second-order valence-corrected chi connectivity index (χ2v) is 7.64. The molecule has 2 amide bonds. The third-order valence-corrected chi connectivity index (χ3v) is 6.25. The first-order chi connectivity index (χ1) is 12.0. The fraction of sp³-hybridized carbons (Fsp3) is 0.562. The molecule has 0 N–H and O–H groups in total. The Balaban J connectivity index is 1.63. The van der Waals surface area contributed by atoms with Gasteiger partial charge in [0.25, 0.3) is 5.91 Å². The van der Waals surface area contributed by atoms with Crippen molar-refractivity contribution in [3.8, 4) is 0 Å². The summed E-state index contributed by atoms with van der Waals surface area (Å²) in [4.78, 5) is 40.6. The first-order valence-electron chi connectivity index (χ1n) is 8.17. The molecule has 1 aromatic heterocycles. The van der Waals surface area contributed by atoms with Gasteiger partial charge in [-0.05, 0) is 47.1 Å². The molecule has 3 rings (SSSR count). The highest BCUT2D eigenvalue weighted by Gasteiger charge is 2.44. The molecule has 25 heavy (non-hydrogen) atoms. The molecule has 2 aliphatic rings. The molecule has 136 valence electrons. The Labute approximate surface area is 158 Å². The molecule has 1 aromatic rings. The Hall–Kier alpha value is -1.61. The Bertz CT molecular complexity index is 671. The summed E-state index contributed by atoms with van der Waals surface area (Å²) in [5.41, 5.74) is 0. The van der Waals surface area contributed by atoms with Crippen LogP contribution in [0, 0.1) is 0 Å². The smallest absolute Gasteiger partial charge is 0.410 e. The predicted octanol–water partition coefficient (Wildman–Crippen LogP) is 2.50. The molecular weight excluding hydrogens is 412 g/mol. The van der Waals surface area contributed by atoms with Gasteiger partial charge in [0.05, 0.1) is 6.61 Å². The number of amides is 2. The summed E-state index contributed by atoms with van der Waals surface area (Å²) in [5.74, 6) is -0.444. The molecular formula is C16H19BrN2O5S. The summed E-state index contributed by atoms with van der Waals surface area (Å²) < 4.78 is 10.9. The zero-order valence-electron chi connectivity index (χ0n) is 13.8. The lowest BCUT2D eigenvalue weighted by atomic mass is 10.0. The molecule has 2 saturated heterocycles. The van der Waals surface area contributed by atoms with E-state index in [4.69, 9.17) is 9.47 Å². The summed E-state index contributed by atoms with van der Waals surface area (Å²) in [6.07, 6.45) is 0.739. The molecule has 2 aliphatic heterocycles. The number of esters is 1. The van der Waals surface area contributed by atoms with Gasteiger partial charge in [-0.15, -0.1) is 11.3 Å². The Morgan fingerprint density at radius 2 is 2.12 bits per heavy atom. The molecule has 0 aliphatic carbocycles. The van der Waals surface area contributed by atoms with Gasteiger partial charge in [-0.1, -0.05) is 0 Å². The van der Waals surface area contributed by atoms with Crippen molar-refractivity contribution in [1.29, 1.82) is 0 Å². The predicted molar refractivity (Wildman–Crippen MR) is 94.6 cm³/mol. The first-order valence-corrected chi connectivity index (χ1v) is 9.84. The van der Waals surface area contributed by atoms with E-state index in [1.807, 2.05) is 11.4 Å². The number of ether oxygens (including phenoxy) is 2. The van der Waals surface area contributed by atoms with Gasteiger partial charge >= 0.3 is 12.1 Å². The number of halogens is 1. The highest BCUT2D eigenvalue weighted by Crippen LogP contribution is 2.28. The SMILES string of the molecule is CCOC(=O)C1COC(=O)N1C1CCN(C(=O)c2sccc2Br)CC1. The van der Waals surface area contributed by atoms with Crippen LogP contribution in [0.1, 0.15) is 29.4 Å². The monoisotopic (exact) mass is 430 g/mol. The lowest BCUT2D eigenvalue weighted by Crippen LogP contribution is -2.52. The van der Waals surface area contributed by atoms with Crippen molar-refractivity contribution in [1.82, 2.24) is 9.80 Å². The largest absolute Gasteiger partial charge is 0.464 e. The van der Waals surface area contributed by atoms with Crippen molar-refractivity contribution in [2.24, 2.45) is 0 Å². The van der Waals surface area contributed by atoms with E-state index in [0.717, 1.165) is 4.47 Å². The van der Waals surface area contributed by atoms with Crippen molar-refractivity contribution in [2.75, 3.05) is 26.3 Å². The van der Waals surface area contributed by atoms with Gasteiger partial charge in [0.1, 0.15) is 11.5 Å². The van der Waals surface area contributed by atoms with Crippen LogP contribution in [0.3, 0.4) is 0 Å². The van der Waals surface area contributed by atoms with E-state index in [0.29, 0.717) is 30.8 Å². The molecule has 0 aromatic carbocycles. The highest BCUT2D eigenvalue weighted by molar-refractivity contribution is 9.10. The van der Waals surface area contributed by atoms with E-state index in [2.05, 4.69) is 15.9 Å². The number of carbonyl (C=O) groups is 3. The molecule has 2 fully saturated rings. The van der Waals surface area contributed by atoms with E-state index >= 15 is 0 Å². The fourth-order valence-electron chi connectivity index (χ4n) is 3.19. The van der Waals surface area contributed by atoms with Gasteiger partial charge in [-0.3, -0.25) is 9.69 Å². The molecule has 0 radical (unpaired) electrons. The van der Waals surface area contributed by atoms with Gasteiger partial charge in [-0.2, -0.15) is 0 Å². The second kappa shape index (κ2) is 7.74. The van der Waals surface area contributed by atoms with E-state index in [-0.39, 0.29) is 25.2 Å². The maximum atomic E-state index is 12.6. The number of carbonyl (C=O) groups excluding carboxylic acids is 3. The van der Waals surface area contributed by atoms with Crippen LogP contribution in [0.5, 0.6) is 0 Å². The molecule has 0 spiro atoms. The summed E-state index contributed by atoms with van der Waals surface area (Å²) in [7, 11) is 0. The Morgan fingerprint density at radius 1 is 1.40 bits per heavy atom. The van der Waals surface area contributed by atoms with Crippen LogP contribution in [0.25, 0.3) is 0 Å². The third kappa shape index (κ3) is 3.67. The molecule has 0 saturated carbocycles. The van der Waals surface area contributed by atoms with Crippen molar-refractivity contribution in [3.63, 3.8) is 0 Å². The summed E-state index contributed by atoms with van der Waals surface area (Å²) in [5, 5.41) is 1.87. The van der Waals surface area contributed by atoms with E-state index < -0.39 is 18.1 Å². The average molecular weight is 431 g/mol. The Morgan fingerprint density at radius 3 is 2.72 bits per heavy atom. The first kappa shape index (κ1) is 18.2. The number of nitrogens with zero attached hydrogens (tertiary/aromatic N) is 2. The zero-order chi connectivity index (χ0) is 18.0. The molecule has 0 bridgehead atoms. The molecule has 1 atom stereocenters. The maximum Gasteiger partial charge on any atom is 0.410 e. The van der Waals surface area contributed by atoms with Crippen LogP contribution in [0.15, 0.2) is 15.9 Å². The lowest BCUT2D eigenvalue weighted by Gasteiger charge is -2.37. The molecule has 3 heterocycles. The molecule has 7 nitrogen and oxygen atoms in total. The van der Waals surface area contributed by atoms with Crippen LogP contribution in [0.4, 0.5) is 4.79 Å². The van der Waals surface area contributed by atoms with Crippen LogP contribution in [-0.4, -0.2) is 66.2 Å². The van der Waals surface area contributed by atoms with E-state index in [9.17, 15) is 14.4 Å². The quantitative estimate of drug-likeness (QED) is 0.685. The number of hydrogen-bond donors (Lipinski definition) is 0. The number of cyclic esters (lactones) is 1. The minimum Gasteiger partial charge on any atom is -0.464 e. The fourth-order valence-corrected chi connectivity index (χ4v) is 4.70. The maximum absolute atomic E-state index is 12.6. The van der Waals surface area contributed by atoms with Crippen molar-refractivity contribution < 1.29 is 23.9 Å². The standard InChI is InChI=1S/C16H19BrN2O5S/c1-2-23-15(21)12-9-24-16(22)19(12)10-3-6-18(7-4-10)14(20)13-11(17)5-8-25-13/h5,8,10,12H,2-4,6-7,9H2,1H3. The van der Waals surface area contributed by atoms with Crippen molar-refractivity contribution in [2.45, 2.75) is 31.8 Å². The van der Waals surface area contributed by atoms with Crippen molar-refractivity contribution in [3.05, 3.63) is 20.8 Å². The van der Waals surface area contributed by atoms with Gasteiger partial charge in [0.2, 0.25) is 0 Å². The van der Waals surface area contributed by atoms with Crippen LogP contribution < -0.4 is 0 Å². The van der Waals surface area contributed by atoms with Crippen LogP contribution in [0.2, 0.25) is 0 Å². The summed E-state index contributed by atoms with van der Waals surface area (Å²) in [6.45, 7) is 3.09. The van der Waals surface area contributed by atoms with Gasteiger partial charge < -0.3 is 14.4 Å². The zero-order valence-corrected chi connectivity index (χ0v) is 16.2. The number of rotatable bonds is 4. The Kier molecular flexibility index (Phi) is 5.63. The normalized spacial score (nSPS) is 21.4. The number of hydrogen-bond acceptors (Lipinski definition) is 6. The number of piperidine rings is 1. The number of likely N-dealkylation sites (tertiary alicyclic amines) is 1. The minimum absolute atomic E-state index is 0.00809. The molecule has 1 unspecified atom stereocenters. The third-order valence-electron chi connectivity index (χ3n) is 4.43. The van der Waals surface area contributed by atoms with Gasteiger partial charge in [0, 0.05) is 23.6 Å². The van der Waals surface area contributed by atoms with E-state index in [1.165, 1.54) is 16.2 Å². The lowest BCUT2D eigenvalue weighted by molar-refractivity contribution is -0.148. The second-order valence-electron chi connectivity index (χ2n) is 5.87.